The first-order chi connectivity index (χ1) is 12.5. The molecule has 8 nitrogen and oxygen atoms in total. The first-order valence-corrected chi connectivity index (χ1v) is 7.70. The van der Waals surface area contributed by atoms with E-state index in [-0.39, 0.29) is 23.5 Å². The van der Waals surface area contributed by atoms with Gasteiger partial charge in [-0.15, -0.1) is 0 Å². The highest BCUT2D eigenvalue weighted by Crippen LogP contribution is 2.28. The first-order valence-electron chi connectivity index (χ1n) is 7.70. The van der Waals surface area contributed by atoms with Gasteiger partial charge in [0.25, 0.3) is 11.2 Å². The maximum Gasteiger partial charge on any atom is 0.296 e. The molecule has 2 aromatic carbocycles. The summed E-state index contributed by atoms with van der Waals surface area (Å²) in [5, 5.41) is 14.9. The van der Waals surface area contributed by atoms with Crippen LogP contribution in [0.2, 0.25) is 0 Å². The van der Waals surface area contributed by atoms with E-state index in [1.165, 1.54) is 36.1 Å². The fourth-order valence-electron chi connectivity index (χ4n) is 2.59. The molecule has 3 aromatic rings. The standard InChI is InChI=1S/C18H15N3O5/c1-26-13-6-7-15(16(10-13)21(24)25)19-17(22)11-20-9-8-12-4-2-3-5-14(12)18(20)23/h2-10H,11H2,1H3,(H,19,22). The number of nitrogens with zero attached hydrogens (tertiary/aromatic N) is 2. The molecule has 0 aliphatic rings. The number of nitrogens with one attached hydrogen (secondary N) is 1. The molecule has 3 rings (SSSR count). The minimum absolute atomic E-state index is 0.0367. The molecule has 0 fully saturated rings. The predicted octanol–water partition coefficient (Wildman–Crippen LogP) is 2.56. The highest BCUT2D eigenvalue weighted by atomic mass is 16.6. The summed E-state index contributed by atoms with van der Waals surface area (Å²) in [6.07, 6.45) is 1.52. The van der Waals surface area contributed by atoms with Gasteiger partial charge in [-0.25, -0.2) is 0 Å². The summed E-state index contributed by atoms with van der Waals surface area (Å²) in [5.41, 5.74) is -0.555. The van der Waals surface area contributed by atoms with Crippen molar-refractivity contribution in [2.45, 2.75) is 6.54 Å². The number of benzene rings is 2. The van der Waals surface area contributed by atoms with E-state index in [2.05, 4.69) is 5.32 Å². The smallest absolute Gasteiger partial charge is 0.296 e. The van der Waals surface area contributed by atoms with Gasteiger partial charge in [0.1, 0.15) is 18.0 Å². The molecule has 132 valence electrons. The van der Waals surface area contributed by atoms with Crippen LogP contribution in [-0.2, 0) is 11.3 Å². The van der Waals surface area contributed by atoms with Crippen LogP contribution in [0.3, 0.4) is 0 Å². The number of methoxy groups -OCH3 is 1. The lowest BCUT2D eigenvalue weighted by atomic mass is 10.2. The third-order valence-corrected chi connectivity index (χ3v) is 3.88. The lowest BCUT2D eigenvalue weighted by molar-refractivity contribution is -0.384. The molecule has 8 heteroatoms. The Morgan fingerprint density at radius 2 is 2.00 bits per heavy atom. The van der Waals surface area contributed by atoms with Crippen molar-refractivity contribution < 1.29 is 14.5 Å². The Labute approximate surface area is 147 Å². The minimum Gasteiger partial charge on any atom is -0.496 e. The van der Waals surface area contributed by atoms with Crippen LogP contribution in [0.25, 0.3) is 10.8 Å². The molecule has 0 aliphatic heterocycles. The topological polar surface area (TPSA) is 103 Å². The van der Waals surface area contributed by atoms with Crippen molar-refractivity contribution in [2.75, 3.05) is 12.4 Å². The summed E-state index contributed by atoms with van der Waals surface area (Å²) in [6, 6.07) is 12.9. The van der Waals surface area contributed by atoms with Crippen molar-refractivity contribution >= 4 is 28.1 Å². The third-order valence-electron chi connectivity index (χ3n) is 3.88. The van der Waals surface area contributed by atoms with Gasteiger partial charge in [0.15, 0.2) is 0 Å². The number of carbonyl (C=O) groups excluding carboxylic acids is 1. The number of pyridine rings is 1. The summed E-state index contributed by atoms with van der Waals surface area (Å²) in [6.45, 7) is -0.257. The van der Waals surface area contributed by atoms with Crippen LogP contribution in [0.5, 0.6) is 5.75 Å². The number of amides is 1. The zero-order valence-corrected chi connectivity index (χ0v) is 13.8. The first kappa shape index (κ1) is 17.2. The zero-order valence-electron chi connectivity index (χ0n) is 13.8. The van der Waals surface area contributed by atoms with Gasteiger partial charge in [-0.2, -0.15) is 0 Å². The maximum atomic E-state index is 12.4. The predicted molar refractivity (Wildman–Crippen MR) is 96.5 cm³/mol. The SMILES string of the molecule is COc1ccc(NC(=O)Cn2ccc3ccccc3c2=O)c([N+](=O)[O-])c1. The van der Waals surface area contributed by atoms with Gasteiger partial charge in [-0.1, -0.05) is 18.2 Å². The Morgan fingerprint density at radius 1 is 1.23 bits per heavy atom. The van der Waals surface area contributed by atoms with Crippen molar-refractivity contribution in [3.05, 3.63) is 75.2 Å². The lowest BCUT2D eigenvalue weighted by Gasteiger charge is -2.09. The molecule has 1 amide bonds. The van der Waals surface area contributed by atoms with Crippen LogP contribution in [0.15, 0.2) is 59.5 Å². The number of fused-ring (bicyclic) bond motifs is 1. The number of hydrogen-bond donors (Lipinski definition) is 1. The molecule has 0 atom stereocenters. The summed E-state index contributed by atoms with van der Waals surface area (Å²) < 4.78 is 6.21. The van der Waals surface area contributed by atoms with E-state index in [0.29, 0.717) is 11.1 Å². The average Bonchev–Trinajstić information content (AvgIpc) is 2.64. The molecule has 0 aliphatic carbocycles. The Kier molecular flexibility index (Phi) is 4.66. The van der Waals surface area contributed by atoms with Crippen molar-refractivity contribution in [1.82, 2.24) is 4.57 Å². The van der Waals surface area contributed by atoms with E-state index in [1.807, 2.05) is 12.1 Å². The number of nitro groups is 1. The number of anilines is 1. The molecule has 0 bridgehead atoms. The average molecular weight is 353 g/mol. The van der Waals surface area contributed by atoms with Crippen molar-refractivity contribution in [1.29, 1.82) is 0 Å². The lowest BCUT2D eigenvalue weighted by Crippen LogP contribution is -2.27. The monoisotopic (exact) mass is 353 g/mol. The highest BCUT2D eigenvalue weighted by molar-refractivity contribution is 5.93. The van der Waals surface area contributed by atoms with E-state index in [9.17, 15) is 19.7 Å². The number of nitro benzene ring substituents is 1. The third kappa shape index (κ3) is 3.39. The molecular weight excluding hydrogens is 338 g/mol. The fraction of sp³-hybridized carbons (Fsp3) is 0.111. The quantitative estimate of drug-likeness (QED) is 0.561. The Morgan fingerprint density at radius 3 is 2.73 bits per heavy atom. The van der Waals surface area contributed by atoms with Crippen molar-refractivity contribution in [3.8, 4) is 5.75 Å². The molecule has 0 unspecified atom stereocenters. The van der Waals surface area contributed by atoms with Gasteiger partial charge >= 0.3 is 0 Å². The second kappa shape index (κ2) is 7.06. The number of carbonyl (C=O) groups is 1. The van der Waals surface area contributed by atoms with E-state index in [0.717, 1.165) is 5.39 Å². The minimum atomic E-state index is -0.611. The normalized spacial score (nSPS) is 10.5. The highest BCUT2D eigenvalue weighted by Gasteiger charge is 2.17. The second-order valence-corrected chi connectivity index (χ2v) is 5.52. The summed E-state index contributed by atoms with van der Waals surface area (Å²) in [4.78, 5) is 35.3. The van der Waals surface area contributed by atoms with E-state index >= 15 is 0 Å². The van der Waals surface area contributed by atoms with E-state index < -0.39 is 10.8 Å². The van der Waals surface area contributed by atoms with Crippen molar-refractivity contribution in [2.24, 2.45) is 0 Å². The van der Waals surface area contributed by atoms with Crippen LogP contribution in [-0.4, -0.2) is 22.5 Å². The van der Waals surface area contributed by atoms with Crippen LogP contribution in [0, 0.1) is 10.1 Å². The van der Waals surface area contributed by atoms with E-state index in [1.54, 1.807) is 18.2 Å². The van der Waals surface area contributed by atoms with Crippen LogP contribution >= 0.6 is 0 Å². The van der Waals surface area contributed by atoms with Gasteiger partial charge in [-0.3, -0.25) is 19.7 Å². The fourth-order valence-corrected chi connectivity index (χ4v) is 2.59. The molecule has 1 aromatic heterocycles. The number of rotatable bonds is 5. The van der Waals surface area contributed by atoms with Gasteiger partial charge < -0.3 is 14.6 Å². The van der Waals surface area contributed by atoms with Gasteiger partial charge in [0, 0.05) is 11.6 Å². The molecule has 26 heavy (non-hydrogen) atoms. The van der Waals surface area contributed by atoms with Gasteiger partial charge in [0.2, 0.25) is 5.91 Å². The van der Waals surface area contributed by atoms with Crippen molar-refractivity contribution in [3.63, 3.8) is 0 Å². The molecular formula is C18H15N3O5. The largest absolute Gasteiger partial charge is 0.496 e. The van der Waals surface area contributed by atoms with Gasteiger partial charge in [0.05, 0.1) is 18.1 Å². The number of hydrogen-bond acceptors (Lipinski definition) is 5. The molecule has 0 radical (unpaired) electrons. The second-order valence-electron chi connectivity index (χ2n) is 5.52. The van der Waals surface area contributed by atoms with Gasteiger partial charge in [-0.05, 0) is 29.7 Å². The van der Waals surface area contributed by atoms with Crippen LogP contribution in [0.1, 0.15) is 0 Å². The Hall–Kier alpha value is -3.68. The molecule has 0 spiro atoms. The number of ether oxygens (including phenoxy) is 1. The number of aromatic nitrogens is 1. The molecule has 0 saturated heterocycles. The maximum absolute atomic E-state index is 12.4. The summed E-state index contributed by atoms with van der Waals surface area (Å²) in [5.74, 6) is -0.240. The molecule has 1 N–H and O–H groups in total. The van der Waals surface area contributed by atoms with Crippen LogP contribution < -0.4 is 15.6 Å². The summed E-state index contributed by atoms with van der Waals surface area (Å²) >= 11 is 0. The van der Waals surface area contributed by atoms with E-state index in [4.69, 9.17) is 4.74 Å². The summed E-state index contributed by atoms with van der Waals surface area (Å²) in [7, 11) is 1.39. The zero-order chi connectivity index (χ0) is 18.7. The molecule has 1 heterocycles. The van der Waals surface area contributed by atoms with Crippen LogP contribution in [0.4, 0.5) is 11.4 Å². The Bertz CT molecular complexity index is 1060. The Balaban J connectivity index is 1.85. The molecule has 0 saturated carbocycles.